The predicted octanol–water partition coefficient (Wildman–Crippen LogP) is 2.92. The van der Waals surface area contributed by atoms with Crippen LogP contribution in [0.25, 0.3) is 0 Å². The molecular weight excluding hydrogens is 360 g/mol. The van der Waals surface area contributed by atoms with E-state index in [0.717, 1.165) is 43.4 Å². The molecule has 27 heavy (non-hydrogen) atoms. The van der Waals surface area contributed by atoms with Gasteiger partial charge in [-0.2, -0.15) is 4.31 Å². The van der Waals surface area contributed by atoms with Crippen molar-refractivity contribution in [2.75, 3.05) is 6.54 Å². The van der Waals surface area contributed by atoms with E-state index in [2.05, 4.69) is 5.32 Å². The third kappa shape index (κ3) is 3.01. The number of benzene rings is 1. The molecule has 0 spiro atoms. The van der Waals surface area contributed by atoms with Gasteiger partial charge in [-0.25, -0.2) is 8.42 Å². The molecule has 4 bridgehead atoms. The molecule has 1 atom stereocenters. The van der Waals surface area contributed by atoms with Crippen molar-refractivity contribution in [2.45, 2.75) is 67.8 Å². The molecular formula is C21H28N2O3S. The summed E-state index contributed by atoms with van der Waals surface area (Å²) in [6.45, 7) is 0.427. The van der Waals surface area contributed by atoms with E-state index < -0.39 is 16.1 Å². The molecule has 1 saturated heterocycles. The van der Waals surface area contributed by atoms with Crippen LogP contribution >= 0.6 is 0 Å². The zero-order valence-corrected chi connectivity index (χ0v) is 16.5. The summed E-state index contributed by atoms with van der Waals surface area (Å²) in [6.07, 6.45) is 8.59. The zero-order chi connectivity index (χ0) is 18.6. The van der Waals surface area contributed by atoms with Crippen LogP contribution in [0.1, 0.15) is 51.4 Å². The van der Waals surface area contributed by atoms with E-state index in [9.17, 15) is 13.2 Å². The van der Waals surface area contributed by atoms with E-state index in [1.54, 1.807) is 30.3 Å². The highest BCUT2D eigenvalue weighted by Crippen LogP contribution is 2.55. The van der Waals surface area contributed by atoms with E-state index >= 15 is 0 Å². The van der Waals surface area contributed by atoms with Crippen LogP contribution in [0.2, 0.25) is 0 Å². The number of nitrogens with zero attached hydrogens (tertiary/aromatic N) is 1. The summed E-state index contributed by atoms with van der Waals surface area (Å²) >= 11 is 0. The van der Waals surface area contributed by atoms with Crippen LogP contribution in [0.3, 0.4) is 0 Å². The SMILES string of the molecule is O=C(NC12CC3CC(CC(C3)C1)C2)[C@@H]1CCCN1S(=O)(=O)c1ccccc1. The van der Waals surface area contributed by atoms with Gasteiger partial charge in [0.2, 0.25) is 15.9 Å². The first-order valence-electron chi connectivity index (χ1n) is 10.3. The summed E-state index contributed by atoms with van der Waals surface area (Å²) in [5.41, 5.74) is -0.0728. The van der Waals surface area contributed by atoms with Gasteiger partial charge in [-0.15, -0.1) is 0 Å². The number of carbonyl (C=O) groups excluding carboxylic acids is 1. The Balaban J connectivity index is 1.36. The topological polar surface area (TPSA) is 66.5 Å². The Bertz CT molecular complexity index is 801. The Morgan fingerprint density at radius 1 is 1.00 bits per heavy atom. The Morgan fingerprint density at radius 2 is 1.59 bits per heavy atom. The Kier molecular flexibility index (Phi) is 4.13. The van der Waals surface area contributed by atoms with Gasteiger partial charge in [0.1, 0.15) is 6.04 Å². The first-order chi connectivity index (χ1) is 13.0. The standard InChI is InChI=1S/C21H28N2O3S/c24-20(22-21-12-15-9-16(13-21)11-17(10-15)14-21)19-7-4-8-23(19)27(25,26)18-5-2-1-3-6-18/h1-3,5-6,15-17,19H,4,7-14H2,(H,22,24)/t15?,16?,17?,19-,21?/m0/s1. The van der Waals surface area contributed by atoms with Gasteiger partial charge in [0.15, 0.2) is 0 Å². The molecule has 1 aliphatic heterocycles. The third-order valence-electron chi connectivity index (χ3n) is 7.28. The van der Waals surface area contributed by atoms with Crippen LogP contribution in [0.5, 0.6) is 0 Å². The molecule has 6 heteroatoms. The fourth-order valence-electron chi connectivity index (χ4n) is 6.63. The highest BCUT2D eigenvalue weighted by atomic mass is 32.2. The van der Waals surface area contributed by atoms with Gasteiger partial charge < -0.3 is 5.32 Å². The maximum Gasteiger partial charge on any atom is 0.243 e. The number of carbonyl (C=O) groups is 1. The lowest BCUT2D eigenvalue weighted by molar-refractivity contribution is -0.130. The Hall–Kier alpha value is -1.40. The molecule has 1 aromatic carbocycles. The molecule has 0 radical (unpaired) electrons. The normalized spacial score (nSPS) is 38.2. The van der Waals surface area contributed by atoms with Gasteiger partial charge in [-0.05, 0) is 81.3 Å². The lowest BCUT2D eigenvalue weighted by Gasteiger charge is -2.57. The maximum absolute atomic E-state index is 13.2. The molecule has 5 nitrogen and oxygen atoms in total. The lowest BCUT2D eigenvalue weighted by Crippen LogP contribution is -2.62. The van der Waals surface area contributed by atoms with Gasteiger partial charge in [-0.3, -0.25) is 4.79 Å². The van der Waals surface area contributed by atoms with Crippen LogP contribution in [0.15, 0.2) is 35.2 Å². The average Bonchev–Trinajstić information content (AvgIpc) is 3.12. The molecule has 4 aliphatic carbocycles. The number of hydrogen-bond donors (Lipinski definition) is 1. The second kappa shape index (κ2) is 6.31. The largest absolute Gasteiger partial charge is 0.349 e. The predicted molar refractivity (Wildman–Crippen MR) is 102 cm³/mol. The van der Waals surface area contributed by atoms with Crippen LogP contribution in [-0.4, -0.2) is 36.8 Å². The van der Waals surface area contributed by atoms with E-state index in [4.69, 9.17) is 0 Å². The first-order valence-corrected chi connectivity index (χ1v) is 11.8. The Morgan fingerprint density at radius 3 is 2.19 bits per heavy atom. The second-order valence-corrected chi connectivity index (χ2v) is 11.2. The Labute approximate surface area is 161 Å². The summed E-state index contributed by atoms with van der Waals surface area (Å²) in [6, 6.07) is 7.92. The maximum atomic E-state index is 13.2. The minimum atomic E-state index is -3.63. The van der Waals surface area contributed by atoms with Crippen molar-refractivity contribution >= 4 is 15.9 Å². The molecule has 1 aromatic rings. The molecule has 5 fully saturated rings. The highest BCUT2D eigenvalue weighted by Gasteiger charge is 2.52. The monoisotopic (exact) mass is 388 g/mol. The van der Waals surface area contributed by atoms with Crippen LogP contribution in [0, 0.1) is 17.8 Å². The van der Waals surface area contributed by atoms with Crippen molar-refractivity contribution < 1.29 is 13.2 Å². The molecule has 146 valence electrons. The van der Waals surface area contributed by atoms with Crippen molar-refractivity contribution in [3.8, 4) is 0 Å². The van der Waals surface area contributed by atoms with E-state index in [1.165, 1.54) is 23.6 Å². The van der Waals surface area contributed by atoms with E-state index in [1.807, 2.05) is 0 Å². The van der Waals surface area contributed by atoms with Crippen molar-refractivity contribution in [2.24, 2.45) is 17.8 Å². The fourth-order valence-corrected chi connectivity index (χ4v) is 8.30. The van der Waals surface area contributed by atoms with Crippen LogP contribution in [-0.2, 0) is 14.8 Å². The number of sulfonamides is 1. The van der Waals surface area contributed by atoms with E-state index in [-0.39, 0.29) is 16.3 Å². The highest BCUT2D eigenvalue weighted by molar-refractivity contribution is 7.89. The van der Waals surface area contributed by atoms with E-state index in [0.29, 0.717) is 13.0 Å². The fraction of sp³-hybridized carbons (Fsp3) is 0.667. The van der Waals surface area contributed by atoms with Crippen LogP contribution < -0.4 is 5.32 Å². The summed E-state index contributed by atoms with van der Waals surface area (Å²) in [7, 11) is -3.63. The van der Waals surface area contributed by atoms with Gasteiger partial charge >= 0.3 is 0 Å². The average molecular weight is 389 g/mol. The minimum absolute atomic E-state index is 0.0728. The molecule has 1 N–H and O–H groups in total. The second-order valence-electron chi connectivity index (χ2n) is 9.27. The summed E-state index contributed by atoms with van der Waals surface area (Å²) < 4.78 is 27.5. The molecule has 4 saturated carbocycles. The van der Waals surface area contributed by atoms with Gasteiger partial charge in [0, 0.05) is 12.1 Å². The summed E-state index contributed by atoms with van der Waals surface area (Å²) in [4.78, 5) is 13.5. The van der Waals surface area contributed by atoms with Gasteiger partial charge in [0.25, 0.3) is 0 Å². The van der Waals surface area contributed by atoms with Crippen LogP contribution in [0.4, 0.5) is 0 Å². The molecule has 1 amide bonds. The number of hydrogen-bond acceptors (Lipinski definition) is 3. The molecule has 6 rings (SSSR count). The molecule has 5 aliphatic rings. The quantitative estimate of drug-likeness (QED) is 0.862. The smallest absolute Gasteiger partial charge is 0.243 e. The van der Waals surface area contributed by atoms with Crippen molar-refractivity contribution in [1.82, 2.24) is 9.62 Å². The minimum Gasteiger partial charge on any atom is -0.349 e. The van der Waals surface area contributed by atoms with Crippen molar-refractivity contribution in [3.05, 3.63) is 30.3 Å². The number of nitrogens with one attached hydrogen (secondary N) is 1. The lowest BCUT2D eigenvalue weighted by atomic mass is 9.53. The summed E-state index contributed by atoms with van der Waals surface area (Å²) in [5.74, 6) is 2.19. The molecule has 1 heterocycles. The third-order valence-corrected chi connectivity index (χ3v) is 9.21. The van der Waals surface area contributed by atoms with Crippen molar-refractivity contribution in [3.63, 3.8) is 0 Å². The first kappa shape index (κ1) is 17.7. The van der Waals surface area contributed by atoms with Gasteiger partial charge in [0.05, 0.1) is 4.90 Å². The van der Waals surface area contributed by atoms with Gasteiger partial charge in [-0.1, -0.05) is 18.2 Å². The summed E-state index contributed by atoms with van der Waals surface area (Å²) in [5, 5.41) is 3.37. The molecule has 0 aromatic heterocycles. The van der Waals surface area contributed by atoms with Crippen molar-refractivity contribution in [1.29, 1.82) is 0 Å². The molecule has 0 unspecified atom stereocenters. The zero-order valence-electron chi connectivity index (χ0n) is 15.6. The number of amides is 1. The number of rotatable bonds is 4.